The second kappa shape index (κ2) is 5.54. The number of aryl methyl sites for hydroxylation is 1. The van der Waals surface area contributed by atoms with Gasteiger partial charge >= 0.3 is 10.2 Å². The average Bonchev–Trinajstić information content (AvgIpc) is 3.01. The summed E-state index contributed by atoms with van der Waals surface area (Å²) >= 11 is 0. The van der Waals surface area contributed by atoms with Crippen LogP contribution in [-0.2, 0) is 22.1 Å². The molecule has 1 fully saturated rings. The first-order valence-corrected chi connectivity index (χ1v) is 8.07. The number of phenols is 1. The molecule has 1 aromatic heterocycles. The minimum absolute atomic E-state index is 0.124. The maximum Gasteiger partial charge on any atom is 0.326 e. The van der Waals surface area contributed by atoms with Crippen LogP contribution in [0.3, 0.4) is 0 Å². The van der Waals surface area contributed by atoms with E-state index >= 15 is 0 Å². The summed E-state index contributed by atoms with van der Waals surface area (Å²) in [5.41, 5.74) is -0.204. The molecule has 1 saturated heterocycles. The highest BCUT2D eigenvalue weighted by molar-refractivity contribution is 7.92. The zero-order chi connectivity index (χ0) is 17.5. The van der Waals surface area contributed by atoms with Crippen molar-refractivity contribution in [3.63, 3.8) is 0 Å². The van der Waals surface area contributed by atoms with Crippen molar-refractivity contribution in [2.24, 2.45) is 7.05 Å². The molecule has 0 atom stereocenters. The van der Waals surface area contributed by atoms with E-state index in [9.17, 15) is 22.7 Å². The van der Waals surface area contributed by atoms with Crippen molar-refractivity contribution in [1.82, 2.24) is 14.5 Å². The summed E-state index contributed by atoms with van der Waals surface area (Å²) in [4.78, 5) is 11.3. The van der Waals surface area contributed by atoms with Crippen LogP contribution in [0, 0.1) is 17.7 Å². The fourth-order valence-electron chi connectivity index (χ4n) is 2.16. The summed E-state index contributed by atoms with van der Waals surface area (Å²) in [6.07, 6.45) is 3.11. The van der Waals surface area contributed by atoms with Crippen molar-refractivity contribution in [1.29, 1.82) is 0 Å². The molecule has 1 aliphatic heterocycles. The third-order valence-electron chi connectivity index (χ3n) is 3.21. The van der Waals surface area contributed by atoms with E-state index in [0.717, 1.165) is 6.07 Å². The Morgan fingerprint density at radius 1 is 1.38 bits per heavy atom. The second-order valence-electron chi connectivity index (χ2n) is 4.98. The molecule has 124 valence electrons. The number of carbonyl (C=O) groups excluding carboxylic acids is 1. The number of amides is 1. The Kier molecular flexibility index (Phi) is 3.65. The second-order valence-corrected chi connectivity index (χ2v) is 6.58. The van der Waals surface area contributed by atoms with Gasteiger partial charge in [-0.2, -0.15) is 13.5 Å². The number of nitrogens with zero attached hydrogens (tertiary/aromatic N) is 3. The fraction of sp³-hybridized carbons (Fsp3) is 0.143. The van der Waals surface area contributed by atoms with E-state index in [1.54, 1.807) is 18.0 Å². The number of aromatic hydroxyl groups is 1. The van der Waals surface area contributed by atoms with E-state index in [1.807, 2.05) is 0 Å². The predicted octanol–water partition coefficient (Wildman–Crippen LogP) is -0.154. The lowest BCUT2D eigenvalue weighted by Gasteiger charge is -2.17. The molecule has 8 nitrogen and oxygen atoms in total. The molecule has 0 aliphatic carbocycles. The summed E-state index contributed by atoms with van der Waals surface area (Å²) in [6.45, 7) is -0.619. The summed E-state index contributed by atoms with van der Waals surface area (Å²) in [5, 5.41) is 13.8. The molecular formula is C14H11FN4O4S. The predicted molar refractivity (Wildman–Crippen MR) is 81.7 cm³/mol. The van der Waals surface area contributed by atoms with Crippen LogP contribution in [0.5, 0.6) is 5.75 Å². The molecule has 2 heterocycles. The summed E-state index contributed by atoms with van der Waals surface area (Å²) < 4.78 is 42.0. The minimum Gasteiger partial charge on any atom is -0.506 e. The monoisotopic (exact) mass is 350 g/mol. The molecule has 1 amide bonds. The van der Waals surface area contributed by atoms with Crippen molar-refractivity contribution in [2.45, 2.75) is 0 Å². The van der Waals surface area contributed by atoms with Crippen LogP contribution in [0.15, 0.2) is 24.5 Å². The van der Waals surface area contributed by atoms with E-state index < -0.39 is 39.9 Å². The molecule has 0 bridgehead atoms. The van der Waals surface area contributed by atoms with Gasteiger partial charge in [0.2, 0.25) is 0 Å². The third-order valence-corrected chi connectivity index (χ3v) is 4.59. The molecule has 10 heteroatoms. The Morgan fingerprint density at radius 2 is 2.12 bits per heavy atom. The Labute approximate surface area is 136 Å². The molecule has 0 unspecified atom stereocenters. The molecule has 0 spiro atoms. The van der Waals surface area contributed by atoms with E-state index in [4.69, 9.17) is 0 Å². The molecule has 0 radical (unpaired) electrons. The van der Waals surface area contributed by atoms with E-state index in [0.29, 0.717) is 9.87 Å². The summed E-state index contributed by atoms with van der Waals surface area (Å²) in [5.74, 6) is 2.77. The smallest absolute Gasteiger partial charge is 0.326 e. The molecular weight excluding hydrogens is 339 g/mol. The largest absolute Gasteiger partial charge is 0.506 e. The number of rotatable bonds is 1. The average molecular weight is 350 g/mol. The van der Waals surface area contributed by atoms with Crippen LogP contribution in [0.1, 0.15) is 11.1 Å². The van der Waals surface area contributed by atoms with Crippen molar-refractivity contribution in [2.75, 3.05) is 10.8 Å². The minimum atomic E-state index is -4.24. The van der Waals surface area contributed by atoms with E-state index in [2.05, 4.69) is 16.9 Å². The number of halogens is 1. The molecule has 1 aromatic carbocycles. The highest BCUT2D eigenvalue weighted by Gasteiger charge is 2.37. The van der Waals surface area contributed by atoms with Crippen molar-refractivity contribution < 1.29 is 22.7 Å². The topological polar surface area (TPSA) is 105 Å². The number of hydrogen-bond donors (Lipinski definition) is 2. The maximum atomic E-state index is 14.6. The molecule has 3 rings (SSSR count). The van der Waals surface area contributed by atoms with Gasteiger partial charge in [0.25, 0.3) is 5.91 Å². The van der Waals surface area contributed by atoms with Crippen LogP contribution in [-0.4, -0.2) is 35.8 Å². The summed E-state index contributed by atoms with van der Waals surface area (Å²) in [7, 11) is -2.54. The Balaban J connectivity index is 2.06. The van der Waals surface area contributed by atoms with Gasteiger partial charge in [0.05, 0.1) is 17.3 Å². The van der Waals surface area contributed by atoms with Gasteiger partial charge in [0, 0.05) is 13.2 Å². The van der Waals surface area contributed by atoms with Crippen LogP contribution >= 0.6 is 0 Å². The highest BCUT2D eigenvalue weighted by atomic mass is 32.2. The summed E-state index contributed by atoms with van der Waals surface area (Å²) in [6, 6.07) is 2.33. The number of benzene rings is 1. The first-order valence-electron chi connectivity index (χ1n) is 6.63. The number of anilines is 1. The molecule has 2 N–H and O–H groups in total. The lowest BCUT2D eigenvalue weighted by molar-refractivity contribution is -0.117. The van der Waals surface area contributed by atoms with E-state index in [1.165, 1.54) is 16.9 Å². The zero-order valence-electron chi connectivity index (χ0n) is 12.3. The van der Waals surface area contributed by atoms with Crippen LogP contribution < -0.4 is 9.03 Å². The number of nitrogens with one attached hydrogen (secondary N) is 1. The van der Waals surface area contributed by atoms with Gasteiger partial charge in [-0.25, -0.2) is 13.4 Å². The molecule has 0 saturated carbocycles. The van der Waals surface area contributed by atoms with Gasteiger partial charge in [-0.15, -0.1) is 0 Å². The number of phenolic OH excluding ortho intramolecular Hbond substituents is 1. The number of aromatic nitrogens is 2. The lowest BCUT2D eigenvalue weighted by Crippen LogP contribution is -2.30. The van der Waals surface area contributed by atoms with E-state index in [-0.39, 0.29) is 5.56 Å². The number of carbonyl (C=O) groups is 1. The van der Waals surface area contributed by atoms with Crippen molar-refractivity contribution >= 4 is 21.8 Å². The van der Waals surface area contributed by atoms with Crippen LogP contribution in [0.25, 0.3) is 0 Å². The lowest BCUT2D eigenvalue weighted by atomic mass is 10.1. The fourth-order valence-corrected chi connectivity index (χ4v) is 3.32. The Hall–Kier alpha value is -3.06. The quantitative estimate of drug-likeness (QED) is 0.696. The molecule has 2 aromatic rings. The van der Waals surface area contributed by atoms with Gasteiger partial charge < -0.3 is 5.11 Å². The zero-order valence-corrected chi connectivity index (χ0v) is 13.1. The first kappa shape index (κ1) is 15.8. The number of hydrogen-bond acceptors (Lipinski definition) is 5. The van der Waals surface area contributed by atoms with Gasteiger partial charge in [0.1, 0.15) is 18.0 Å². The normalized spacial score (nSPS) is 15.8. The van der Waals surface area contributed by atoms with Gasteiger partial charge in [-0.05, 0) is 12.1 Å². The SMILES string of the molecule is Cn1cc(C#Cc2ccc(O)c(N3CC(=O)NS3(=O)=O)c2F)cn1. The van der Waals surface area contributed by atoms with Crippen molar-refractivity contribution in [3.05, 3.63) is 41.5 Å². The van der Waals surface area contributed by atoms with Gasteiger partial charge in [0.15, 0.2) is 5.82 Å². The Morgan fingerprint density at radius 3 is 2.71 bits per heavy atom. The van der Waals surface area contributed by atoms with Gasteiger partial charge in [-0.3, -0.25) is 9.48 Å². The standard InChI is InChI=1S/C14H11FN4O4S/c1-18-7-9(6-16-18)2-3-10-4-5-11(20)14(13(10)15)19-8-12(21)17-24(19,22)23/h4-7,20H,8H2,1H3,(H,17,21). The van der Waals surface area contributed by atoms with Crippen LogP contribution in [0.2, 0.25) is 0 Å². The van der Waals surface area contributed by atoms with Gasteiger partial charge in [-0.1, -0.05) is 11.8 Å². The molecule has 1 aliphatic rings. The third kappa shape index (κ3) is 2.77. The first-order chi connectivity index (χ1) is 11.3. The molecule has 24 heavy (non-hydrogen) atoms. The van der Waals surface area contributed by atoms with Crippen LogP contribution in [0.4, 0.5) is 10.1 Å². The maximum absolute atomic E-state index is 14.6. The van der Waals surface area contributed by atoms with Crippen molar-refractivity contribution in [3.8, 4) is 17.6 Å². The highest BCUT2D eigenvalue weighted by Crippen LogP contribution is 2.34. The Bertz CT molecular complexity index is 1000.